The first kappa shape index (κ1) is 87.1. The predicted molar refractivity (Wildman–Crippen MR) is 358 cm³/mol. The molecule has 0 radical (unpaired) electrons. The van der Waals surface area contributed by atoms with Crippen molar-refractivity contribution in [2.45, 2.75) is 380 Å². The highest BCUT2D eigenvalue weighted by Gasteiger charge is 2.30. The predicted octanol–water partition coefficient (Wildman–Crippen LogP) is 20.1. The van der Waals surface area contributed by atoms with Crippen LogP contribution in [-0.2, 0) is 65.4 Å². The van der Waals surface area contributed by atoms with Crippen molar-refractivity contribution in [1.82, 2.24) is 0 Å². The van der Waals surface area contributed by atoms with E-state index < -0.39 is 97.5 Å². The monoisotopic (exact) mass is 1310 g/mol. The largest absolute Gasteiger partial charge is 0.472 e. The van der Waals surface area contributed by atoms with Gasteiger partial charge in [0.2, 0.25) is 0 Å². The van der Waals surface area contributed by atoms with E-state index in [4.69, 9.17) is 37.0 Å². The molecule has 0 fully saturated rings. The molecule has 0 bridgehead atoms. The summed E-state index contributed by atoms with van der Waals surface area (Å²) in [5.41, 5.74) is 0. The van der Waals surface area contributed by atoms with Gasteiger partial charge in [-0.25, -0.2) is 9.13 Å². The van der Waals surface area contributed by atoms with Crippen LogP contribution in [0.15, 0.2) is 0 Å². The minimum Gasteiger partial charge on any atom is -0.462 e. The molecule has 19 heteroatoms. The van der Waals surface area contributed by atoms with Crippen LogP contribution in [0.1, 0.15) is 362 Å². The van der Waals surface area contributed by atoms with Crippen LogP contribution in [0, 0.1) is 5.92 Å². The molecule has 0 saturated carbocycles. The van der Waals surface area contributed by atoms with Gasteiger partial charge in [0.1, 0.15) is 19.3 Å². The van der Waals surface area contributed by atoms with E-state index in [1.54, 1.807) is 0 Å². The summed E-state index contributed by atoms with van der Waals surface area (Å²) in [7, 11) is -9.89. The molecule has 3 N–H and O–H groups in total. The van der Waals surface area contributed by atoms with Crippen LogP contribution in [-0.4, -0.2) is 96.7 Å². The molecule has 528 valence electrons. The maximum atomic E-state index is 13.0. The number of esters is 4. The van der Waals surface area contributed by atoms with Gasteiger partial charge in [-0.15, -0.1) is 0 Å². The van der Waals surface area contributed by atoms with E-state index in [1.807, 2.05) is 0 Å². The Balaban J connectivity index is 5.14. The van der Waals surface area contributed by atoms with E-state index in [1.165, 1.54) is 173 Å². The van der Waals surface area contributed by atoms with E-state index in [9.17, 15) is 43.2 Å². The van der Waals surface area contributed by atoms with Crippen molar-refractivity contribution in [1.29, 1.82) is 0 Å². The second-order valence-electron chi connectivity index (χ2n) is 25.7. The average Bonchev–Trinajstić information content (AvgIpc) is 3.66. The van der Waals surface area contributed by atoms with Crippen molar-refractivity contribution >= 4 is 39.5 Å². The summed E-state index contributed by atoms with van der Waals surface area (Å²) in [5, 5.41) is 10.6. The molecule has 0 heterocycles. The number of phosphoric acid groups is 2. The lowest BCUT2D eigenvalue weighted by Crippen LogP contribution is -2.30. The number of unbranched alkanes of at least 4 members (excludes halogenated alkanes) is 42. The molecule has 0 rings (SSSR count). The highest BCUT2D eigenvalue weighted by Crippen LogP contribution is 2.45. The molecule has 5 atom stereocenters. The summed E-state index contributed by atoms with van der Waals surface area (Å²) >= 11 is 0. The number of carbonyl (C=O) groups is 4. The van der Waals surface area contributed by atoms with Crippen LogP contribution in [0.25, 0.3) is 0 Å². The Morgan fingerprint density at radius 1 is 0.303 bits per heavy atom. The topological polar surface area (TPSA) is 237 Å². The summed E-state index contributed by atoms with van der Waals surface area (Å²) in [4.78, 5) is 72.3. The number of hydrogen-bond acceptors (Lipinski definition) is 15. The SMILES string of the molecule is CCCCCCCCCCCCCCCCCCCCCCC(=O)O[C@H](COC(=O)CCCCCCCCCCC(C)C)COP(=O)(O)OC[C@@H](O)COP(=O)(O)OC[C@@H](COC(=O)CCCCCCCCC)OC(=O)CCCCCCCCCCCCC. The first-order valence-electron chi connectivity index (χ1n) is 36.6. The van der Waals surface area contributed by atoms with Crippen LogP contribution in [0.4, 0.5) is 0 Å². The average molecular weight is 1310 g/mol. The Hall–Kier alpha value is -1.94. The summed E-state index contributed by atoms with van der Waals surface area (Å²) in [5.74, 6) is -1.40. The second kappa shape index (κ2) is 63.5. The van der Waals surface area contributed by atoms with Gasteiger partial charge in [-0.2, -0.15) is 0 Å². The third-order valence-electron chi connectivity index (χ3n) is 16.3. The lowest BCUT2D eigenvalue weighted by molar-refractivity contribution is -0.161. The molecular weight excluding hydrogens is 1170 g/mol. The maximum Gasteiger partial charge on any atom is 0.472 e. The summed E-state index contributed by atoms with van der Waals surface area (Å²) < 4.78 is 68.1. The normalized spacial score (nSPS) is 14.1. The zero-order valence-corrected chi connectivity index (χ0v) is 59.4. The fourth-order valence-electron chi connectivity index (χ4n) is 10.6. The van der Waals surface area contributed by atoms with E-state index >= 15 is 0 Å². The Bertz CT molecular complexity index is 1720. The van der Waals surface area contributed by atoms with Gasteiger partial charge in [0, 0.05) is 25.7 Å². The molecule has 0 aromatic rings. The van der Waals surface area contributed by atoms with Crippen molar-refractivity contribution < 1.29 is 80.2 Å². The zero-order chi connectivity index (χ0) is 65.6. The van der Waals surface area contributed by atoms with Crippen LogP contribution in [0.5, 0.6) is 0 Å². The Kier molecular flexibility index (Phi) is 62.1. The van der Waals surface area contributed by atoms with E-state index in [-0.39, 0.29) is 25.7 Å². The zero-order valence-electron chi connectivity index (χ0n) is 57.6. The second-order valence-corrected chi connectivity index (χ2v) is 28.7. The quantitative estimate of drug-likeness (QED) is 0.0222. The van der Waals surface area contributed by atoms with Gasteiger partial charge < -0.3 is 33.8 Å². The number of rotatable bonds is 70. The first-order valence-corrected chi connectivity index (χ1v) is 39.6. The molecule has 17 nitrogen and oxygen atoms in total. The Labute approximate surface area is 543 Å². The lowest BCUT2D eigenvalue weighted by Gasteiger charge is -2.21. The number of carbonyl (C=O) groups excluding carboxylic acids is 4. The van der Waals surface area contributed by atoms with Gasteiger partial charge in [0.05, 0.1) is 26.4 Å². The molecule has 2 unspecified atom stereocenters. The molecule has 0 saturated heterocycles. The third kappa shape index (κ3) is 64.6. The van der Waals surface area contributed by atoms with E-state index in [0.29, 0.717) is 25.7 Å². The Morgan fingerprint density at radius 3 is 0.764 bits per heavy atom. The van der Waals surface area contributed by atoms with Crippen LogP contribution < -0.4 is 0 Å². The van der Waals surface area contributed by atoms with Crippen molar-refractivity contribution in [3.05, 3.63) is 0 Å². The number of hydrogen-bond donors (Lipinski definition) is 3. The highest BCUT2D eigenvalue weighted by molar-refractivity contribution is 7.47. The van der Waals surface area contributed by atoms with Crippen molar-refractivity contribution in [3.8, 4) is 0 Å². The molecular formula is C70H136O17P2. The number of aliphatic hydroxyl groups is 1. The third-order valence-corrected chi connectivity index (χ3v) is 18.2. The van der Waals surface area contributed by atoms with E-state index in [0.717, 1.165) is 109 Å². The van der Waals surface area contributed by atoms with Gasteiger partial charge in [0.15, 0.2) is 12.2 Å². The van der Waals surface area contributed by atoms with Crippen molar-refractivity contribution in [3.63, 3.8) is 0 Å². The first-order chi connectivity index (χ1) is 43.0. The van der Waals surface area contributed by atoms with Crippen molar-refractivity contribution in [2.75, 3.05) is 39.6 Å². The summed E-state index contributed by atoms with van der Waals surface area (Å²) in [6.07, 6.45) is 50.2. The fraction of sp³-hybridized carbons (Fsp3) is 0.943. The van der Waals surface area contributed by atoms with Gasteiger partial charge in [-0.1, -0.05) is 311 Å². The minimum atomic E-state index is -4.95. The minimum absolute atomic E-state index is 0.107. The highest BCUT2D eigenvalue weighted by atomic mass is 31.2. The fourth-order valence-corrected chi connectivity index (χ4v) is 12.2. The molecule has 0 aromatic carbocycles. The maximum absolute atomic E-state index is 13.0. The van der Waals surface area contributed by atoms with Gasteiger partial charge in [-0.3, -0.25) is 37.3 Å². The molecule has 0 aliphatic carbocycles. The molecule has 0 aromatic heterocycles. The molecule has 0 aliphatic heterocycles. The van der Waals surface area contributed by atoms with E-state index in [2.05, 4.69) is 34.6 Å². The number of ether oxygens (including phenoxy) is 4. The Morgan fingerprint density at radius 2 is 0.517 bits per heavy atom. The van der Waals surface area contributed by atoms with Crippen molar-refractivity contribution in [2.24, 2.45) is 5.92 Å². The van der Waals surface area contributed by atoms with Gasteiger partial charge in [0.25, 0.3) is 0 Å². The summed E-state index contributed by atoms with van der Waals surface area (Å²) in [6, 6.07) is 0. The molecule has 0 spiro atoms. The number of phosphoric ester groups is 2. The standard InChI is InChI=1S/C70H136O17P2/c1-6-9-12-15-18-20-22-23-24-25-26-27-28-29-30-32-34-41-46-51-56-70(75)87-66(60-81-68(73)54-49-44-39-36-35-38-42-47-52-63(4)5)62-85-89(78,79)83-58-64(71)57-82-88(76,77)84-61-65(59-80-67(72)53-48-43-37-17-14-11-8-3)86-69(74)55-50-45-40-33-31-21-19-16-13-10-7-2/h63-66,71H,6-62H2,1-5H3,(H,76,77)(H,78,79)/t64-,65+,66+/m0/s1. The van der Waals surface area contributed by atoms with Gasteiger partial charge in [-0.05, 0) is 31.6 Å². The molecule has 0 aliphatic rings. The van der Waals surface area contributed by atoms with Crippen LogP contribution in [0.3, 0.4) is 0 Å². The lowest BCUT2D eigenvalue weighted by atomic mass is 10.0. The smallest absolute Gasteiger partial charge is 0.462 e. The van der Waals surface area contributed by atoms with Crippen LogP contribution >= 0.6 is 15.6 Å². The molecule has 89 heavy (non-hydrogen) atoms. The summed E-state index contributed by atoms with van der Waals surface area (Å²) in [6.45, 7) is 7.16. The molecule has 0 amide bonds. The van der Waals surface area contributed by atoms with Gasteiger partial charge >= 0.3 is 39.5 Å². The van der Waals surface area contributed by atoms with Crippen LogP contribution in [0.2, 0.25) is 0 Å². The number of aliphatic hydroxyl groups excluding tert-OH is 1.